The molecule has 1 atom stereocenters. The van der Waals surface area contributed by atoms with Crippen LogP contribution in [0.5, 0.6) is 5.75 Å². The van der Waals surface area contributed by atoms with Crippen molar-refractivity contribution in [2.24, 2.45) is 5.92 Å². The Kier molecular flexibility index (Phi) is 5.91. The molecule has 0 aliphatic carbocycles. The van der Waals surface area contributed by atoms with Gasteiger partial charge in [-0.05, 0) is 50.1 Å². The van der Waals surface area contributed by atoms with Gasteiger partial charge in [-0.25, -0.2) is 0 Å². The molecule has 1 N–H and O–H groups in total. The van der Waals surface area contributed by atoms with E-state index in [1.165, 1.54) is 0 Å². The number of aryl methyl sites for hydroxylation is 2. The number of ether oxygens (including phenoxy) is 1. The van der Waals surface area contributed by atoms with Crippen LogP contribution in [0.4, 0.5) is 5.69 Å². The number of carbonyl (C=O) groups is 2. The van der Waals surface area contributed by atoms with Gasteiger partial charge >= 0.3 is 0 Å². The van der Waals surface area contributed by atoms with Crippen LogP contribution in [-0.2, 0) is 4.79 Å². The molecular weight excluding hydrogens is 316 g/mol. The Hall–Kier alpha value is -3.13. The zero-order chi connectivity index (χ0) is 18.4. The summed E-state index contributed by atoms with van der Waals surface area (Å²) in [5.74, 6) is -2.11. The number of rotatable bonds is 6. The molecule has 25 heavy (non-hydrogen) atoms. The molecule has 5 nitrogen and oxygen atoms in total. The number of benzene rings is 2. The largest absolute Gasteiger partial charge is 0.492 e. The Balaban J connectivity index is 2.23. The van der Waals surface area contributed by atoms with E-state index >= 15 is 0 Å². The van der Waals surface area contributed by atoms with Crippen LogP contribution < -0.4 is 10.1 Å². The van der Waals surface area contributed by atoms with Gasteiger partial charge < -0.3 is 10.1 Å². The molecular formula is C20H20N2O3. The maximum Gasteiger partial charge on any atom is 0.249 e. The van der Waals surface area contributed by atoms with E-state index in [2.05, 4.69) is 5.32 Å². The average Bonchev–Trinajstić information content (AvgIpc) is 2.60. The Labute approximate surface area is 147 Å². The summed E-state index contributed by atoms with van der Waals surface area (Å²) in [5.41, 5.74) is 2.76. The van der Waals surface area contributed by atoms with Gasteiger partial charge in [0.15, 0.2) is 11.7 Å². The lowest BCUT2D eigenvalue weighted by molar-refractivity contribution is -0.117. The van der Waals surface area contributed by atoms with Crippen molar-refractivity contribution >= 4 is 17.4 Å². The summed E-state index contributed by atoms with van der Waals surface area (Å²) < 4.78 is 5.44. The minimum absolute atomic E-state index is 0.350. The SMILES string of the molecule is CCOc1ccccc1NC(=O)C(C#N)C(=O)c1ccc(C)c(C)c1. The second-order valence-corrected chi connectivity index (χ2v) is 5.64. The first kappa shape index (κ1) is 18.2. The number of ketones is 1. The second kappa shape index (κ2) is 8.11. The van der Waals surface area contributed by atoms with Crippen LogP contribution in [0.2, 0.25) is 0 Å². The predicted molar refractivity (Wildman–Crippen MR) is 95.6 cm³/mol. The van der Waals surface area contributed by atoms with Crippen molar-refractivity contribution in [1.29, 1.82) is 5.26 Å². The molecule has 0 aliphatic rings. The van der Waals surface area contributed by atoms with E-state index in [-0.39, 0.29) is 0 Å². The fraction of sp³-hybridized carbons (Fsp3) is 0.250. The van der Waals surface area contributed by atoms with Crippen molar-refractivity contribution in [2.45, 2.75) is 20.8 Å². The van der Waals surface area contributed by atoms with Crippen molar-refractivity contribution in [2.75, 3.05) is 11.9 Å². The smallest absolute Gasteiger partial charge is 0.249 e. The lowest BCUT2D eigenvalue weighted by Gasteiger charge is -2.13. The van der Waals surface area contributed by atoms with E-state index in [0.29, 0.717) is 23.6 Å². The molecule has 1 amide bonds. The van der Waals surface area contributed by atoms with Gasteiger partial charge in [0.25, 0.3) is 0 Å². The van der Waals surface area contributed by atoms with E-state index < -0.39 is 17.6 Å². The quantitative estimate of drug-likeness (QED) is 0.645. The molecule has 128 valence electrons. The third-order valence-electron chi connectivity index (χ3n) is 3.89. The number of nitrogens with zero attached hydrogens (tertiary/aromatic N) is 1. The maximum absolute atomic E-state index is 12.6. The molecule has 5 heteroatoms. The van der Waals surface area contributed by atoms with Crippen LogP contribution in [0.1, 0.15) is 28.4 Å². The molecule has 2 aromatic rings. The number of hydrogen-bond donors (Lipinski definition) is 1. The molecule has 1 unspecified atom stereocenters. The highest BCUT2D eigenvalue weighted by molar-refractivity contribution is 6.15. The van der Waals surface area contributed by atoms with E-state index in [9.17, 15) is 14.9 Å². The molecule has 0 fully saturated rings. The number of hydrogen-bond acceptors (Lipinski definition) is 4. The second-order valence-electron chi connectivity index (χ2n) is 5.64. The Morgan fingerprint density at radius 3 is 2.52 bits per heavy atom. The van der Waals surface area contributed by atoms with Crippen LogP contribution in [-0.4, -0.2) is 18.3 Å². The third-order valence-corrected chi connectivity index (χ3v) is 3.89. The van der Waals surface area contributed by atoms with Crippen molar-refractivity contribution in [3.05, 3.63) is 59.2 Å². The standard InChI is InChI=1S/C20H20N2O3/c1-4-25-18-8-6-5-7-17(18)22-20(24)16(12-21)19(23)15-10-9-13(2)14(3)11-15/h5-11,16H,4H2,1-3H3,(H,22,24). The zero-order valence-corrected chi connectivity index (χ0v) is 14.5. The van der Waals surface area contributed by atoms with Crippen LogP contribution in [0.3, 0.4) is 0 Å². The highest BCUT2D eigenvalue weighted by Crippen LogP contribution is 2.24. The van der Waals surface area contributed by atoms with Gasteiger partial charge in [0, 0.05) is 5.56 Å². The fourth-order valence-corrected chi connectivity index (χ4v) is 2.35. The van der Waals surface area contributed by atoms with Gasteiger partial charge in [-0.3, -0.25) is 9.59 Å². The monoisotopic (exact) mass is 336 g/mol. The van der Waals surface area contributed by atoms with E-state index in [0.717, 1.165) is 11.1 Å². The highest BCUT2D eigenvalue weighted by atomic mass is 16.5. The van der Waals surface area contributed by atoms with Gasteiger partial charge in [-0.1, -0.05) is 24.3 Å². The summed E-state index contributed by atoms with van der Waals surface area (Å²) in [6, 6.07) is 13.8. The molecule has 0 radical (unpaired) electrons. The third kappa shape index (κ3) is 4.24. The molecule has 0 saturated heterocycles. The molecule has 0 heterocycles. The molecule has 0 bridgehead atoms. The Bertz CT molecular complexity index is 837. The average molecular weight is 336 g/mol. The number of carbonyl (C=O) groups excluding carboxylic acids is 2. The van der Waals surface area contributed by atoms with Crippen LogP contribution in [0, 0.1) is 31.1 Å². The molecule has 0 spiro atoms. The first-order chi connectivity index (χ1) is 12.0. The van der Waals surface area contributed by atoms with Crippen LogP contribution in [0.15, 0.2) is 42.5 Å². The van der Waals surface area contributed by atoms with Crippen molar-refractivity contribution in [3.8, 4) is 11.8 Å². The number of nitriles is 1. The molecule has 2 aromatic carbocycles. The number of Topliss-reactive ketones (excluding diaryl/α,β-unsaturated/α-hetero) is 1. The summed E-state index contributed by atoms with van der Waals surface area (Å²) in [4.78, 5) is 25.0. The Morgan fingerprint density at radius 2 is 1.88 bits per heavy atom. The summed E-state index contributed by atoms with van der Waals surface area (Å²) in [5, 5.41) is 12.0. The first-order valence-corrected chi connectivity index (χ1v) is 8.01. The fourth-order valence-electron chi connectivity index (χ4n) is 2.35. The van der Waals surface area contributed by atoms with Crippen LogP contribution in [0.25, 0.3) is 0 Å². The summed E-state index contributed by atoms with van der Waals surface area (Å²) in [7, 11) is 0. The predicted octanol–water partition coefficient (Wildman–Crippen LogP) is 3.66. The topological polar surface area (TPSA) is 79.2 Å². The van der Waals surface area contributed by atoms with Gasteiger partial charge in [-0.15, -0.1) is 0 Å². The molecule has 0 aliphatic heterocycles. The van der Waals surface area contributed by atoms with Gasteiger partial charge in [0.2, 0.25) is 5.91 Å². The van der Waals surface area contributed by atoms with E-state index in [1.807, 2.05) is 20.8 Å². The zero-order valence-electron chi connectivity index (χ0n) is 14.5. The molecule has 0 saturated carbocycles. The minimum atomic E-state index is -1.42. The normalized spacial score (nSPS) is 11.3. The van der Waals surface area contributed by atoms with Crippen LogP contribution >= 0.6 is 0 Å². The van der Waals surface area contributed by atoms with Crippen molar-refractivity contribution in [1.82, 2.24) is 0 Å². The number of amides is 1. The number of para-hydroxylation sites is 2. The van der Waals surface area contributed by atoms with Gasteiger partial charge in [-0.2, -0.15) is 5.26 Å². The van der Waals surface area contributed by atoms with Gasteiger partial charge in [0.1, 0.15) is 5.75 Å². The first-order valence-electron chi connectivity index (χ1n) is 8.01. The minimum Gasteiger partial charge on any atom is -0.492 e. The molecule has 0 aromatic heterocycles. The van der Waals surface area contributed by atoms with Crippen molar-refractivity contribution < 1.29 is 14.3 Å². The number of nitrogens with one attached hydrogen (secondary N) is 1. The Morgan fingerprint density at radius 1 is 1.16 bits per heavy atom. The summed E-state index contributed by atoms with van der Waals surface area (Å²) in [6.07, 6.45) is 0. The lowest BCUT2D eigenvalue weighted by atomic mass is 9.95. The molecule has 2 rings (SSSR count). The number of anilines is 1. The lowest BCUT2D eigenvalue weighted by Crippen LogP contribution is -2.29. The van der Waals surface area contributed by atoms with E-state index in [4.69, 9.17) is 4.74 Å². The summed E-state index contributed by atoms with van der Waals surface area (Å²) in [6.45, 7) is 6.09. The highest BCUT2D eigenvalue weighted by Gasteiger charge is 2.28. The summed E-state index contributed by atoms with van der Waals surface area (Å²) >= 11 is 0. The van der Waals surface area contributed by atoms with Gasteiger partial charge in [0.05, 0.1) is 18.4 Å². The maximum atomic E-state index is 12.6. The van der Waals surface area contributed by atoms with E-state index in [1.54, 1.807) is 48.5 Å². The van der Waals surface area contributed by atoms with Crippen molar-refractivity contribution in [3.63, 3.8) is 0 Å².